The van der Waals surface area contributed by atoms with E-state index in [1.807, 2.05) is 18.2 Å². The van der Waals surface area contributed by atoms with Crippen molar-refractivity contribution in [2.24, 2.45) is 0 Å². The van der Waals surface area contributed by atoms with Crippen LogP contribution in [0.4, 0.5) is 0 Å². The second-order valence-electron chi connectivity index (χ2n) is 16.5. The minimum atomic E-state index is -4.78. The molecule has 0 aromatic rings. The predicted octanol–water partition coefficient (Wildman–Crippen LogP) is 15.0. The van der Waals surface area contributed by atoms with Crippen molar-refractivity contribution in [3.05, 3.63) is 134 Å². The molecule has 0 saturated carbocycles. The summed E-state index contributed by atoms with van der Waals surface area (Å²) in [4.78, 5) is 48.3. The molecule has 0 radical (unpaired) electrons. The van der Waals surface area contributed by atoms with Crippen LogP contribution in [-0.2, 0) is 42.2 Å². The van der Waals surface area contributed by atoms with E-state index in [0.717, 1.165) is 116 Å². The summed E-state index contributed by atoms with van der Waals surface area (Å²) in [6, 6.07) is 0. The van der Waals surface area contributed by atoms with Gasteiger partial charge in [-0.1, -0.05) is 174 Å². The van der Waals surface area contributed by atoms with Crippen LogP contribution in [0.15, 0.2) is 134 Å². The summed E-state index contributed by atoms with van der Waals surface area (Å²) in [6.07, 6.45) is 63.0. The van der Waals surface area contributed by atoms with Crippen molar-refractivity contribution in [3.63, 3.8) is 0 Å². The lowest BCUT2D eigenvalue weighted by atomic mass is 10.1. The number of phosphoric ester groups is 1. The van der Waals surface area contributed by atoms with Crippen LogP contribution in [0.1, 0.15) is 175 Å². The second kappa shape index (κ2) is 51.0. The first kappa shape index (κ1) is 65.6. The van der Waals surface area contributed by atoms with E-state index in [1.165, 1.54) is 0 Å². The average molecular weight is 995 g/mol. The van der Waals surface area contributed by atoms with Crippen molar-refractivity contribution < 1.29 is 52.2 Å². The number of rotatable bonds is 46. The minimum Gasteiger partial charge on any atom is -0.462 e. The van der Waals surface area contributed by atoms with Gasteiger partial charge in [-0.3, -0.25) is 23.4 Å². The summed E-state index contributed by atoms with van der Waals surface area (Å²) in [5.41, 5.74) is 0. The molecule has 2 N–H and O–H groups in total. The quantitative estimate of drug-likeness (QED) is 0.0197. The Kier molecular flexibility index (Phi) is 47.8. The van der Waals surface area contributed by atoms with E-state index < -0.39 is 57.8 Å². The van der Waals surface area contributed by atoms with Gasteiger partial charge in [0.1, 0.15) is 12.7 Å². The molecule has 0 spiro atoms. The summed E-state index contributed by atoms with van der Waals surface area (Å²) in [5, 5.41) is 9.76. The van der Waals surface area contributed by atoms with E-state index in [2.05, 4.69) is 136 Å². The van der Waals surface area contributed by atoms with E-state index in [4.69, 9.17) is 23.3 Å². The number of aliphatic hydroxyl groups is 1. The molecule has 0 saturated heterocycles. The Hall–Kier alpha value is -4.38. The van der Waals surface area contributed by atoms with Crippen LogP contribution in [0, 0.1) is 0 Å². The lowest BCUT2D eigenvalue weighted by Crippen LogP contribution is -2.30. The minimum absolute atomic E-state index is 0.0444. The first-order chi connectivity index (χ1) is 34.2. The van der Waals surface area contributed by atoms with Gasteiger partial charge < -0.3 is 24.2 Å². The SMILES string of the molecule is CC/C=C\C/C=C\C/C=C\C/C=C\CCCCC(=O)OCC(COP(=O)(O)OCC(CO)OC(=O)CC/C=C\C/C=C\C/C=C\C/C=C\CC)OC(=O)CCCCCCC/C=C\C/C=C\C/C=C\CC. The van der Waals surface area contributed by atoms with Crippen LogP contribution in [-0.4, -0.2) is 66.5 Å². The molecule has 11 nitrogen and oxygen atoms in total. The lowest BCUT2D eigenvalue weighted by Gasteiger charge is -2.21. The summed E-state index contributed by atoms with van der Waals surface area (Å²) >= 11 is 0. The molecule has 3 unspecified atom stereocenters. The molecular formula is C58H91O11P. The Labute approximate surface area is 423 Å². The Morgan fingerprint density at radius 1 is 0.400 bits per heavy atom. The average Bonchev–Trinajstić information content (AvgIpc) is 3.35. The molecule has 394 valence electrons. The van der Waals surface area contributed by atoms with Crippen LogP contribution in [0.25, 0.3) is 0 Å². The van der Waals surface area contributed by atoms with Crippen LogP contribution in [0.2, 0.25) is 0 Å². The monoisotopic (exact) mass is 995 g/mol. The molecule has 70 heavy (non-hydrogen) atoms. The van der Waals surface area contributed by atoms with E-state index >= 15 is 0 Å². The smallest absolute Gasteiger partial charge is 0.462 e. The number of esters is 3. The summed E-state index contributed by atoms with van der Waals surface area (Å²) in [5.74, 6) is -1.64. The molecule has 0 aliphatic rings. The predicted molar refractivity (Wildman–Crippen MR) is 288 cm³/mol. The molecule has 0 aromatic heterocycles. The number of allylic oxidation sites excluding steroid dienone is 22. The van der Waals surface area contributed by atoms with Gasteiger partial charge in [-0.25, -0.2) is 4.57 Å². The van der Waals surface area contributed by atoms with Crippen LogP contribution >= 0.6 is 7.82 Å². The highest BCUT2D eigenvalue weighted by atomic mass is 31.2. The summed E-state index contributed by atoms with van der Waals surface area (Å²) in [7, 11) is -4.78. The van der Waals surface area contributed by atoms with Gasteiger partial charge in [-0.15, -0.1) is 0 Å². The van der Waals surface area contributed by atoms with E-state index in [1.54, 1.807) is 0 Å². The van der Waals surface area contributed by atoms with Crippen LogP contribution in [0.5, 0.6) is 0 Å². The highest BCUT2D eigenvalue weighted by Gasteiger charge is 2.28. The summed E-state index contributed by atoms with van der Waals surface area (Å²) in [6.45, 7) is 4.11. The van der Waals surface area contributed by atoms with Crippen molar-refractivity contribution >= 4 is 25.7 Å². The fourth-order valence-corrected chi connectivity index (χ4v) is 6.98. The van der Waals surface area contributed by atoms with E-state index in [-0.39, 0.29) is 25.9 Å². The van der Waals surface area contributed by atoms with E-state index in [0.29, 0.717) is 19.3 Å². The molecular weight excluding hydrogens is 904 g/mol. The van der Waals surface area contributed by atoms with Gasteiger partial charge in [-0.2, -0.15) is 0 Å². The van der Waals surface area contributed by atoms with Crippen molar-refractivity contribution in [2.45, 2.75) is 187 Å². The van der Waals surface area contributed by atoms with Gasteiger partial charge in [0.05, 0.1) is 19.8 Å². The van der Waals surface area contributed by atoms with Gasteiger partial charge in [0.15, 0.2) is 6.10 Å². The maximum absolute atomic E-state index is 12.9. The van der Waals surface area contributed by atoms with Crippen molar-refractivity contribution in [3.8, 4) is 0 Å². The standard InChI is InChI=1S/C58H91O11P/c1-4-7-10-13-16-19-22-25-27-30-32-35-38-41-44-47-56(60)65-51-55(69-58(62)49-46-43-40-37-34-31-28-26-23-20-17-14-11-8-5-2)53-67-70(63,64)66-52-54(50-59)68-57(61)48-45-42-39-36-33-29-24-21-18-15-12-9-6-3/h7-12,16-21,25-29,32-33,35,39,42,54-55,59H,4-6,13-15,22-24,30-31,34,36-38,40-41,43-53H2,1-3H3,(H,63,64)/b10-7-,11-8-,12-9-,19-16-,20-17-,21-18-,27-25-,28-26-,33-29-,35-32-,42-39-. The molecule has 0 aliphatic heterocycles. The number of ether oxygens (including phenoxy) is 3. The normalized spacial score (nSPS) is 14.5. The zero-order chi connectivity index (χ0) is 51.3. The molecule has 3 atom stereocenters. The second-order valence-corrected chi connectivity index (χ2v) is 18.0. The first-order valence-corrected chi connectivity index (χ1v) is 27.6. The maximum atomic E-state index is 12.9. The van der Waals surface area contributed by atoms with Gasteiger partial charge in [0.2, 0.25) is 0 Å². The zero-order valence-corrected chi connectivity index (χ0v) is 44.1. The summed E-state index contributed by atoms with van der Waals surface area (Å²) < 4.78 is 39.2. The topological polar surface area (TPSA) is 155 Å². The van der Waals surface area contributed by atoms with Crippen molar-refractivity contribution in [1.29, 1.82) is 0 Å². The number of unbranched alkanes of at least 4 members (excludes halogenated alkanes) is 7. The highest BCUT2D eigenvalue weighted by Crippen LogP contribution is 2.43. The Morgan fingerprint density at radius 2 is 0.729 bits per heavy atom. The molecule has 12 heteroatoms. The molecule has 0 heterocycles. The van der Waals surface area contributed by atoms with Crippen molar-refractivity contribution in [2.75, 3.05) is 26.4 Å². The maximum Gasteiger partial charge on any atom is 0.472 e. The number of hydrogen-bond donors (Lipinski definition) is 2. The lowest BCUT2D eigenvalue weighted by molar-refractivity contribution is -0.161. The highest BCUT2D eigenvalue weighted by molar-refractivity contribution is 7.47. The van der Waals surface area contributed by atoms with Crippen LogP contribution in [0.3, 0.4) is 0 Å². The Morgan fingerprint density at radius 3 is 1.19 bits per heavy atom. The number of carbonyl (C=O) groups is 3. The molecule has 0 bridgehead atoms. The number of phosphoric acid groups is 1. The van der Waals surface area contributed by atoms with E-state index in [9.17, 15) is 28.9 Å². The van der Waals surface area contributed by atoms with Crippen molar-refractivity contribution in [1.82, 2.24) is 0 Å². The number of hydrogen-bond acceptors (Lipinski definition) is 10. The van der Waals surface area contributed by atoms with Crippen LogP contribution < -0.4 is 0 Å². The van der Waals surface area contributed by atoms with Gasteiger partial charge >= 0.3 is 25.7 Å². The first-order valence-electron chi connectivity index (χ1n) is 26.1. The fraction of sp³-hybridized carbons (Fsp3) is 0.569. The zero-order valence-electron chi connectivity index (χ0n) is 43.2. The molecule has 0 aromatic carbocycles. The molecule has 0 rings (SSSR count). The molecule has 0 fully saturated rings. The van der Waals surface area contributed by atoms with Gasteiger partial charge in [0.25, 0.3) is 0 Å². The van der Waals surface area contributed by atoms with Gasteiger partial charge in [-0.05, 0) is 116 Å². The third-order valence-electron chi connectivity index (χ3n) is 10.1. The number of carbonyl (C=O) groups excluding carboxylic acids is 3. The third kappa shape index (κ3) is 48.6. The molecule has 0 amide bonds. The Balaban J connectivity index is 4.92. The third-order valence-corrected chi connectivity index (χ3v) is 11.0. The Bertz CT molecular complexity index is 1680. The largest absolute Gasteiger partial charge is 0.472 e. The van der Waals surface area contributed by atoms with Gasteiger partial charge in [0, 0.05) is 19.3 Å². The number of aliphatic hydroxyl groups excluding tert-OH is 1. The fourth-order valence-electron chi connectivity index (χ4n) is 6.20. The molecule has 0 aliphatic carbocycles.